The van der Waals surface area contributed by atoms with Gasteiger partial charge in [-0.3, -0.25) is 14.6 Å². The Kier molecular flexibility index (Phi) is 4.62. The van der Waals surface area contributed by atoms with Crippen molar-refractivity contribution >= 4 is 5.97 Å². The Labute approximate surface area is 119 Å². The monoisotopic (exact) mass is 278 g/mol. The van der Waals surface area contributed by atoms with Gasteiger partial charge >= 0.3 is 5.97 Å². The number of aryl methyl sites for hydroxylation is 2. The SMILES string of the molecule is Cc1cc(CN2CCN(CC(=O)O)CC2)cc(C)c1O. The van der Waals surface area contributed by atoms with Crippen molar-refractivity contribution in [3.63, 3.8) is 0 Å². The van der Waals surface area contributed by atoms with Crippen LogP contribution in [0.25, 0.3) is 0 Å². The number of rotatable bonds is 4. The van der Waals surface area contributed by atoms with Gasteiger partial charge in [-0.2, -0.15) is 0 Å². The van der Waals surface area contributed by atoms with Crippen LogP contribution in [0.1, 0.15) is 16.7 Å². The van der Waals surface area contributed by atoms with Crippen molar-refractivity contribution in [3.8, 4) is 5.75 Å². The van der Waals surface area contributed by atoms with Gasteiger partial charge in [0.15, 0.2) is 0 Å². The standard InChI is InChI=1S/C15H22N2O3/c1-11-7-13(8-12(2)15(11)20)9-16-3-5-17(6-4-16)10-14(18)19/h7-8,20H,3-6,9-10H2,1-2H3,(H,18,19). The first kappa shape index (κ1) is 14.8. The van der Waals surface area contributed by atoms with Crippen molar-refractivity contribution in [2.75, 3.05) is 32.7 Å². The highest BCUT2D eigenvalue weighted by molar-refractivity contribution is 5.69. The second kappa shape index (κ2) is 6.24. The lowest BCUT2D eigenvalue weighted by Crippen LogP contribution is -2.47. The van der Waals surface area contributed by atoms with Gasteiger partial charge in [0.25, 0.3) is 0 Å². The maximum Gasteiger partial charge on any atom is 0.317 e. The smallest absolute Gasteiger partial charge is 0.317 e. The number of carbonyl (C=O) groups is 1. The number of benzene rings is 1. The number of piperazine rings is 1. The third-order valence-corrected chi connectivity index (χ3v) is 3.78. The van der Waals surface area contributed by atoms with E-state index < -0.39 is 5.97 Å². The minimum Gasteiger partial charge on any atom is -0.507 e. The van der Waals surface area contributed by atoms with Crippen LogP contribution in [-0.4, -0.2) is 58.7 Å². The summed E-state index contributed by atoms with van der Waals surface area (Å²) in [6.07, 6.45) is 0. The van der Waals surface area contributed by atoms with Crippen LogP contribution in [0.15, 0.2) is 12.1 Å². The van der Waals surface area contributed by atoms with Crippen LogP contribution in [0.5, 0.6) is 5.75 Å². The summed E-state index contributed by atoms with van der Waals surface area (Å²) in [6, 6.07) is 4.04. The van der Waals surface area contributed by atoms with Crippen molar-refractivity contribution in [1.29, 1.82) is 0 Å². The molecule has 2 rings (SSSR count). The van der Waals surface area contributed by atoms with E-state index in [9.17, 15) is 9.90 Å². The quantitative estimate of drug-likeness (QED) is 0.867. The molecule has 5 heteroatoms. The Morgan fingerprint density at radius 3 is 2.10 bits per heavy atom. The number of carboxylic acids is 1. The zero-order valence-corrected chi connectivity index (χ0v) is 12.1. The molecule has 2 N–H and O–H groups in total. The van der Waals surface area contributed by atoms with Gasteiger partial charge in [0.2, 0.25) is 0 Å². The summed E-state index contributed by atoms with van der Waals surface area (Å²) in [4.78, 5) is 15.0. The summed E-state index contributed by atoms with van der Waals surface area (Å²) < 4.78 is 0. The molecule has 1 aliphatic heterocycles. The zero-order chi connectivity index (χ0) is 14.7. The number of phenols is 1. The van der Waals surface area contributed by atoms with Crippen molar-refractivity contribution in [2.45, 2.75) is 20.4 Å². The number of nitrogens with zero attached hydrogens (tertiary/aromatic N) is 2. The molecule has 0 saturated carbocycles. The third kappa shape index (κ3) is 3.71. The molecule has 1 aromatic rings. The van der Waals surface area contributed by atoms with E-state index in [1.807, 2.05) is 30.9 Å². The fraction of sp³-hybridized carbons (Fsp3) is 0.533. The molecule has 0 atom stereocenters. The van der Waals surface area contributed by atoms with Crippen LogP contribution in [0.2, 0.25) is 0 Å². The van der Waals surface area contributed by atoms with Gasteiger partial charge in [0.05, 0.1) is 6.54 Å². The Balaban J connectivity index is 1.91. The van der Waals surface area contributed by atoms with Crippen LogP contribution in [0, 0.1) is 13.8 Å². The molecule has 0 aliphatic carbocycles. The molecule has 5 nitrogen and oxygen atoms in total. The maximum absolute atomic E-state index is 10.7. The van der Waals surface area contributed by atoms with Gasteiger partial charge in [-0.05, 0) is 30.5 Å². The first-order valence-corrected chi connectivity index (χ1v) is 6.91. The molecule has 0 spiro atoms. The van der Waals surface area contributed by atoms with E-state index in [-0.39, 0.29) is 6.54 Å². The highest BCUT2D eigenvalue weighted by Crippen LogP contribution is 2.23. The lowest BCUT2D eigenvalue weighted by atomic mass is 10.1. The third-order valence-electron chi connectivity index (χ3n) is 3.78. The van der Waals surface area contributed by atoms with Gasteiger partial charge in [0.1, 0.15) is 5.75 Å². The lowest BCUT2D eigenvalue weighted by Gasteiger charge is -2.33. The van der Waals surface area contributed by atoms with Crippen LogP contribution < -0.4 is 0 Å². The van der Waals surface area contributed by atoms with E-state index in [4.69, 9.17) is 5.11 Å². The number of hydrogen-bond acceptors (Lipinski definition) is 4. The van der Waals surface area contributed by atoms with Gasteiger partial charge < -0.3 is 10.2 Å². The van der Waals surface area contributed by atoms with E-state index in [0.29, 0.717) is 5.75 Å². The molecule has 1 aliphatic rings. The predicted octanol–water partition coefficient (Wildman–Crippen LogP) is 1.21. The van der Waals surface area contributed by atoms with Crippen molar-refractivity contribution in [2.24, 2.45) is 0 Å². The number of phenolic OH excluding ortho intramolecular Hbond substituents is 1. The molecule has 20 heavy (non-hydrogen) atoms. The summed E-state index contributed by atoms with van der Waals surface area (Å²) in [6.45, 7) is 8.16. The highest BCUT2D eigenvalue weighted by Gasteiger charge is 2.18. The molecule has 0 unspecified atom stereocenters. The normalized spacial score (nSPS) is 17.3. The number of aliphatic carboxylic acids is 1. The van der Waals surface area contributed by atoms with Crippen LogP contribution in [-0.2, 0) is 11.3 Å². The molecule has 0 radical (unpaired) electrons. The molecule has 0 bridgehead atoms. The highest BCUT2D eigenvalue weighted by atomic mass is 16.4. The van der Waals surface area contributed by atoms with E-state index in [0.717, 1.165) is 43.9 Å². The van der Waals surface area contributed by atoms with E-state index in [1.165, 1.54) is 5.56 Å². The molecule has 110 valence electrons. The first-order chi connectivity index (χ1) is 9.45. The average Bonchev–Trinajstić information content (AvgIpc) is 2.37. The Morgan fingerprint density at radius 2 is 1.60 bits per heavy atom. The predicted molar refractivity (Wildman–Crippen MR) is 76.9 cm³/mol. The average molecular weight is 278 g/mol. The van der Waals surface area contributed by atoms with E-state index in [1.54, 1.807) is 0 Å². The van der Waals surface area contributed by atoms with Gasteiger partial charge in [0, 0.05) is 32.7 Å². The van der Waals surface area contributed by atoms with Gasteiger partial charge in [-0.25, -0.2) is 0 Å². The van der Waals surface area contributed by atoms with Crippen molar-refractivity contribution in [1.82, 2.24) is 9.80 Å². The maximum atomic E-state index is 10.7. The number of hydrogen-bond donors (Lipinski definition) is 2. The largest absolute Gasteiger partial charge is 0.507 e. The van der Waals surface area contributed by atoms with Crippen LogP contribution >= 0.6 is 0 Å². The Bertz CT molecular complexity index is 471. The van der Waals surface area contributed by atoms with Crippen LogP contribution in [0.3, 0.4) is 0 Å². The lowest BCUT2D eigenvalue weighted by molar-refractivity contribution is -0.138. The fourth-order valence-corrected chi connectivity index (χ4v) is 2.69. The molecule has 0 amide bonds. The number of aromatic hydroxyl groups is 1. The van der Waals surface area contributed by atoms with E-state index >= 15 is 0 Å². The molecule has 1 heterocycles. The second-order valence-corrected chi connectivity index (χ2v) is 5.52. The Hall–Kier alpha value is -1.59. The molecule has 1 saturated heterocycles. The summed E-state index contributed by atoms with van der Waals surface area (Å²) >= 11 is 0. The number of carboxylic acid groups (broad SMARTS) is 1. The molecule has 1 fully saturated rings. The summed E-state index contributed by atoms with van der Waals surface area (Å²) in [5.74, 6) is -0.386. The summed E-state index contributed by atoms with van der Waals surface area (Å²) in [7, 11) is 0. The van der Waals surface area contributed by atoms with E-state index in [2.05, 4.69) is 4.90 Å². The second-order valence-electron chi connectivity index (χ2n) is 5.52. The minimum absolute atomic E-state index is 0.130. The van der Waals surface area contributed by atoms with Gasteiger partial charge in [-0.1, -0.05) is 12.1 Å². The van der Waals surface area contributed by atoms with Gasteiger partial charge in [-0.15, -0.1) is 0 Å². The molecule has 1 aromatic carbocycles. The van der Waals surface area contributed by atoms with Crippen molar-refractivity contribution < 1.29 is 15.0 Å². The molecular formula is C15H22N2O3. The first-order valence-electron chi connectivity index (χ1n) is 6.91. The van der Waals surface area contributed by atoms with Crippen molar-refractivity contribution in [3.05, 3.63) is 28.8 Å². The van der Waals surface area contributed by atoms with Crippen LogP contribution in [0.4, 0.5) is 0 Å². The fourth-order valence-electron chi connectivity index (χ4n) is 2.69. The zero-order valence-electron chi connectivity index (χ0n) is 12.1. The molecule has 0 aromatic heterocycles. The topological polar surface area (TPSA) is 64.0 Å². The Morgan fingerprint density at radius 1 is 1.10 bits per heavy atom. The molecular weight excluding hydrogens is 256 g/mol. The summed E-state index contributed by atoms with van der Waals surface area (Å²) in [5, 5.41) is 18.6. The summed E-state index contributed by atoms with van der Waals surface area (Å²) in [5.41, 5.74) is 3.01. The minimum atomic E-state index is -0.761.